The number of fused-ring (bicyclic) bond motifs is 5. The highest BCUT2D eigenvalue weighted by Gasteiger charge is 2.62. The molecule has 6 atom stereocenters. The van der Waals surface area contributed by atoms with Gasteiger partial charge in [0.2, 0.25) is 0 Å². The van der Waals surface area contributed by atoms with Crippen molar-refractivity contribution in [2.24, 2.45) is 39.7 Å². The molecule has 0 aromatic carbocycles. The summed E-state index contributed by atoms with van der Waals surface area (Å²) in [5.74, 6) is 2.58. The quantitative estimate of drug-likeness (QED) is 0.510. The summed E-state index contributed by atoms with van der Waals surface area (Å²) in [6.07, 6.45) is 12.0. The molecule has 1 aliphatic heterocycles. The summed E-state index contributed by atoms with van der Waals surface area (Å²) in [5.41, 5.74) is 3.09. The van der Waals surface area contributed by atoms with Crippen LogP contribution in [0.5, 0.6) is 0 Å². The number of hydrogen-bond donors (Lipinski definition) is 1. The molecule has 5 aliphatic rings. The van der Waals surface area contributed by atoms with Crippen molar-refractivity contribution in [3.8, 4) is 0 Å². The molecule has 0 amide bonds. The van der Waals surface area contributed by atoms with Crippen LogP contribution in [0.25, 0.3) is 0 Å². The third-order valence-corrected chi connectivity index (χ3v) is 9.60. The van der Waals surface area contributed by atoms with Crippen LogP contribution in [0.3, 0.4) is 0 Å². The van der Waals surface area contributed by atoms with E-state index in [1.165, 1.54) is 38.5 Å². The van der Waals surface area contributed by atoms with Gasteiger partial charge in [-0.2, -0.15) is 0 Å². The molecule has 4 heteroatoms. The third-order valence-electron chi connectivity index (χ3n) is 9.60. The van der Waals surface area contributed by atoms with Gasteiger partial charge in [0.25, 0.3) is 0 Å². The van der Waals surface area contributed by atoms with E-state index in [4.69, 9.17) is 9.47 Å². The summed E-state index contributed by atoms with van der Waals surface area (Å²) in [6.45, 7) is 8.75. The van der Waals surface area contributed by atoms with Crippen LogP contribution in [0.2, 0.25) is 0 Å². The largest absolute Gasteiger partial charge is 0.411 e. The fourth-order valence-electron chi connectivity index (χ4n) is 8.24. The molecule has 1 saturated heterocycles. The lowest BCUT2D eigenvalue weighted by molar-refractivity contribution is -0.214. The molecule has 4 nitrogen and oxygen atoms in total. The highest BCUT2D eigenvalue weighted by atomic mass is 16.7. The Morgan fingerprint density at radius 3 is 2.48 bits per heavy atom. The Morgan fingerprint density at radius 2 is 1.74 bits per heavy atom. The first-order valence-electron chi connectivity index (χ1n) is 11.1. The van der Waals surface area contributed by atoms with Crippen LogP contribution < -0.4 is 0 Å². The molecule has 5 rings (SSSR count). The normalized spacial score (nSPS) is 50.0. The molecule has 4 fully saturated rings. The van der Waals surface area contributed by atoms with Crippen molar-refractivity contribution in [1.29, 1.82) is 0 Å². The molecule has 1 heterocycles. The molecule has 4 aliphatic carbocycles. The average molecular weight is 374 g/mol. The maximum absolute atomic E-state index is 9.23. The van der Waals surface area contributed by atoms with Gasteiger partial charge in [0.1, 0.15) is 0 Å². The Kier molecular flexibility index (Phi) is 4.08. The minimum atomic E-state index is -0.364. The maximum Gasteiger partial charge on any atom is 0.169 e. The Balaban J connectivity index is 1.44. The lowest BCUT2D eigenvalue weighted by Gasteiger charge is -2.59. The van der Waals surface area contributed by atoms with E-state index in [1.54, 1.807) is 5.57 Å². The van der Waals surface area contributed by atoms with Crippen molar-refractivity contribution in [2.75, 3.05) is 13.2 Å². The molecular weight excluding hydrogens is 338 g/mol. The third kappa shape index (κ3) is 2.45. The van der Waals surface area contributed by atoms with Crippen LogP contribution >= 0.6 is 0 Å². The molecule has 3 saturated carbocycles. The standard InChI is InChI=1S/C23H35NO3/c1-21-10-8-16(24-25)14-15(21)4-5-17-18-6-7-20(23(3)26-12-13-27-23)22(18,2)11-9-19(17)21/h14,17-20,25H,4-13H2,1-3H3/b24-16+/t17?,18?,19?,20?,21-,22-/m0/s1. The number of oxime groups is 1. The minimum Gasteiger partial charge on any atom is -0.411 e. The highest BCUT2D eigenvalue weighted by molar-refractivity contribution is 5.96. The second-order valence-electron chi connectivity index (χ2n) is 10.5. The van der Waals surface area contributed by atoms with E-state index >= 15 is 0 Å². The van der Waals surface area contributed by atoms with Crippen molar-refractivity contribution in [3.05, 3.63) is 11.6 Å². The van der Waals surface area contributed by atoms with Crippen molar-refractivity contribution in [2.45, 2.75) is 77.9 Å². The van der Waals surface area contributed by atoms with Gasteiger partial charge in [-0.05, 0) is 93.0 Å². The minimum absolute atomic E-state index is 0.306. The Hall–Kier alpha value is -0.870. The van der Waals surface area contributed by atoms with Crippen molar-refractivity contribution < 1.29 is 14.7 Å². The van der Waals surface area contributed by atoms with E-state index in [-0.39, 0.29) is 5.79 Å². The van der Waals surface area contributed by atoms with Gasteiger partial charge in [-0.1, -0.05) is 24.6 Å². The van der Waals surface area contributed by atoms with Crippen LogP contribution in [0.15, 0.2) is 16.8 Å². The van der Waals surface area contributed by atoms with Crippen LogP contribution in [-0.2, 0) is 9.47 Å². The number of nitrogens with zero attached hydrogens (tertiary/aromatic N) is 1. The summed E-state index contributed by atoms with van der Waals surface area (Å²) in [5, 5.41) is 12.7. The van der Waals surface area contributed by atoms with E-state index in [0.717, 1.165) is 49.5 Å². The average Bonchev–Trinajstić information content (AvgIpc) is 3.24. The smallest absolute Gasteiger partial charge is 0.169 e. The zero-order valence-electron chi connectivity index (χ0n) is 17.2. The second kappa shape index (κ2) is 6.06. The predicted molar refractivity (Wildman–Crippen MR) is 105 cm³/mol. The summed E-state index contributed by atoms with van der Waals surface area (Å²) in [7, 11) is 0. The van der Waals surface area contributed by atoms with E-state index in [0.29, 0.717) is 16.7 Å². The fourth-order valence-corrected chi connectivity index (χ4v) is 8.24. The Labute approximate surface area is 163 Å². The van der Waals surface area contributed by atoms with E-state index in [2.05, 4.69) is 32.0 Å². The van der Waals surface area contributed by atoms with E-state index in [1.807, 2.05) is 0 Å². The molecular formula is C23H35NO3. The number of allylic oxidation sites excluding steroid dienone is 2. The van der Waals surface area contributed by atoms with Crippen molar-refractivity contribution in [3.63, 3.8) is 0 Å². The lowest BCUT2D eigenvalue weighted by Crippen LogP contribution is -2.53. The van der Waals surface area contributed by atoms with Crippen LogP contribution in [-0.4, -0.2) is 29.9 Å². The molecule has 0 aromatic heterocycles. The van der Waals surface area contributed by atoms with Crippen molar-refractivity contribution in [1.82, 2.24) is 0 Å². The van der Waals surface area contributed by atoms with Crippen molar-refractivity contribution >= 4 is 5.71 Å². The zero-order chi connectivity index (χ0) is 18.9. The predicted octanol–water partition coefficient (Wildman–Crippen LogP) is 5.16. The van der Waals surface area contributed by atoms with Gasteiger partial charge in [-0.15, -0.1) is 0 Å². The number of ether oxygens (including phenoxy) is 2. The monoisotopic (exact) mass is 373 g/mol. The molecule has 0 bridgehead atoms. The molecule has 27 heavy (non-hydrogen) atoms. The van der Waals surface area contributed by atoms with Crippen LogP contribution in [0, 0.1) is 34.5 Å². The first-order chi connectivity index (χ1) is 12.9. The second-order valence-corrected chi connectivity index (χ2v) is 10.5. The molecule has 1 N–H and O–H groups in total. The van der Waals surface area contributed by atoms with Gasteiger partial charge < -0.3 is 14.7 Å². The van der Waals surface area contributed by atoms with Gasteiger partial charge in [0.15, 0.2) is 5.79 Å². The van der Waals surface area contributed by atoms with E-state index in [9.17, 15) is 5.21 Å². The number of hydrogen-bond acceptors (Lipinski definition) is 4. The van der Waals surface area contributed by atoms with Crippen LogP contribution in [0.4, 0.5) is 0 Å². The molecule has 0 radical (unpaired) electrons. The van der Waals surface area contributed by atoms with Gasteiger partial charge in [0, 0.05) is 5.92 Å². The zero-order valence-corrected chi connectivity index (χ0v) is 17.2. The summed E-state index contributed by atoms with van der Waals surface area (Å²) in [6, 6.07) is 0. The molecule has 4 unspecified atom stereocenters. The van der Waals surface area contributed by atoms with Gasteiger partial charge in [-0.25, -0.2) is 0 Å². The van der Waals surface area contributed by atoms with Gasteiger partial charge >= 0.3 is 0 Å². The molecule has 0 spiro atoms. The summed E-state index contributed by atoms with van der Waals surface area (Å²) < 4.78 is 12.3. The molecule has 0 aromatic rings. The van der Waals surface area contributed by atoms with E-state index < -0.39 is 0 Å². The maximum atomic E-state index is 9.23. The SMILES string of the molecule is CC1(C2CCC3C4CCC5=C/C(=N/O)CC[C@]5(C)C4CC[C@@]32C)OCCO1. The first-order valence-corrected chi connectivity index (χ1v) is 11.1. The Morgan fingerprint density at radius 1 is 0.963 bits per heavy atom. The highest BCUT2D eigenvalue weighted by Crippen LogP contribution is 2.68. The Bertz CT molecular complexity index is 679. The van der Waals surface area contributed by atoms with Crippen LogP contribution in [0.1, 0.15) is 72.1 Å². The lowest BCUT2D eigenvalue weighted by atomic mass is 9.46. The summed E-state index contributed by atoms with van der Waals surface area (Å²) >= 11 is 0. The van der Waals surface area contributed by atoms with Gasteiger partial charge in [-0.3, -0.25) is 0 Å². The topological polar surface area (TPSA) is 51.1 Å². The molecule has 150 valence electrons. The van der Waals surface area contributed by atoms with Gasteiger partial charge in [0.05, 0.1) is 18.9 Å². The summed E-state index contributed by atoms with van der Waals surface area (Å²) in [4.78, 5) is 0. The number of rotatable bonds is 1. The first kappa shape index (κ1) is 18.2. The fraction of sp³-hybridized carbons (Fsp3) is 0.870.